The lowest BCUT2D eigenvalue weighted by Gasteiger charge is -2.20. The van der Waals surface area contributed by atoms with Crippen molar-refractivity contribution in [2.45, 2.75) is 13.0 Å². The van der Waals surface area contributed by atoms with Gasteiger partial charge in [0.15, 0.2) is 0 Å². The van der Waals surface area contributed by atoms with Crippen LogP contribution in [-0.4, -0.2) is 73.8 Å². The number of rotatable bonds is 12. The molecule has 3 rings (SSSR count). The number of likely N-dealkylation sites (N-methyl/N-ethyl adjacent to an activating group) is 1. The molecule has 0 aliphatic heterocycles. The number of H-pyrrole nitrogens is 2. The van der Waals surface area contributed by atoms with Crippen LogP contribution in [0.3, 0.4) is 0 Å². The molecule has 0 atom stereocenters. The Bertz CT molecular complexity index is 1050. The third-order valence-electron chi connectivity index (χ3n) is 5.23. The normalized spacial score (nSPS) is 11.2. The molecule has 10 nitrogen and oxygen atoms in total. The number of methoxy groups -OCH3 is 1. The molecule has 2 heterocycles. The Morgan fingerprint density at radius 1 is 1.34 bits per heavy atom. The molecule has 172 valence electrons. The smallest absolute Gasteiger partial charge is 0.323 e. The number of carboxylic acids is 1. The van der Waals surface area contributed by atoms with Gasteiger partial charge in [-0.1, -0.05) is 4.98 Å². The van der Waals surface area contributed by atoms with Gasteiger partial charge >= 0.3 is 5.97 Å². The summed E-state index contributed by atoms with van der Waals surface area (Å²) in [6.45, 7) is 2.62. The maximum atomic E-state index is 11.2. The predicted molar refractivity (Wildman–Crippen MR) is 125 cm³/mol. The van der Waals surface area contributed by atoms with Crippen LogP contribution in [0.15, 0.2) is 30.7 Å². The number of hydrogen-bond donors (Lipinski definition) is 4. The fraction of sp³-hybridized carbons (Fsp3) is 0.409. The predicted octanol–water partition coefficient (Wildman–Crippen LogP) is 1.69. The molecule has 5 N–H and O–H groups in total. The average molecular weight is 443 g/mol. The first-order chi connectivity index (χ1) is 15.4. The molecule has 0 aliphatic rings. The van der Waals surface area contributed by atoms with E-state index in [-0.39, 0.29) is 6.54 Å². The van der Waals surface area contributed by atoms with Crippen LogP contribution >= 0.6 is 0 Å². The second-order valence-electron chi connectivity index (χ2n) is 7.77. The van der Waals surface area contributed by atoms with Crippen molar-refractivity contribution < 1.29 is 19.6 Å². The Morgan fingerprint density at radius 3 is 2.88 bits per heavy atom. The highest BCUT2D eigenvalue weighted by molar-refractivity contribution is 5.90. The van der Waals surface area contributed by atoms with Gasteiger partial charge in [0.1, 0.15) is 17.7 Å². The van der Waals surface area contributed by atoms with Crippen molar-refractivity contribution in [2.24, 2.45) is 0 Å². The fourth-order valence-corrected chi connectivity index (χ4v) is 3.68. The monoisotopic (exact) mass is 442 g/mol. The van der Waals surface area contributed by atoms with E-state index in [0.717, 1.165) is 54.2 Å². The van der Waals surface area contributed by atoms with Gasteiger partial charge in [0, 0.05) is 24.8 Å². The molecule has 0 amide bonds. The van der Waals surface area contributed by atoms with Gasteiger partial charge in [0.2, 0.25) is 17.8 Å². The molecular weight excluding hydrogens is 410 g/mol. The molecule has 10 heteroatoms. The number of aromatic nitrogens is 3. The molecule has 2 aromatic heterocycles. The minimum absolute atomic E-state index is 0.134. The summed E-state index contributed by atoms with van der Waals surface area (Å²) in [5.41, 5.74) is 3.48. The van der Waals surface area contributed by atoms with Crippen LogP contribution in [0.5, 0.6) is 5.75 Å². The van der Waals surface area contributed by atoms with E-state index in [1.54, 1.807) is 25.4 Å². The molecule has 1 aromatic carbocycles. The number of anilines is 3. The van der Waals surface area contributed by atoms with E-state index < -0.39 is 5.97 Å². The molecular formula is C22H32N7O3+. The summed E-state index contributed by atoms with van der Waals surface area (Å²) in [5, 5.41) is 16.7. The van der Waals surface area contributed by atoms with E-state index in [9.17, 15) is 4.79 Å². The minimum atomic E-state index is -0.911. The Balaban J connectivity index is 1.87. The topological polar surface area (TPSA) is 120 Å². The summed E-state index contributed by atoms with van der Waals surface area (Å²) < 4.78 is 5.42. The highest BCUT2D eigenvalue weighted by atomic mass is 16.5. The van der Waals surface area contributed by atoms with Gasteiger partial charge in [-0.3, -0.25) is 9.78 Å². The third-order valence-corrected chi connectivity index (χ3v) is 5.23. The van der Waals surface area contributed by atoms with E-state index in [1.807, 2.05) is 31.4 Å². The van der Waals surface area contributed by atoms with Gasteiger partial charge in [-0.25, -0.2) is 4.98 Å². The van der Waals surface area contributed by atoms with Gasteiger partial charge in [-0.05, 0) is 51.8 Å². The van der Waals surface area contributed by atoms with Crippen LogP contribution in [0, 0.1) is 0 Å². The molecule has 0 saturated carbocycles. The maximum Gasteiger partial charge on any atom is 0.323 e. The first-order valence-electron chi connectivity index (χ1n) is 10.5. The van der Waals surface area contributed by atoms with Crippen molar-refractivity contribution in [3.05, 3.63) is 36.3 Å². The van der Waals surface area contributed by atoms with Crippen molar-refractivity contribution in [3.63, 3.8) is 0 Å². The Hall–Kier alpha value is -3.37. The quantitative estimate of drug-likeness (QED) is 0.313. The maximum absolute atomic E-state index is 11.2. The van der Waals surface area contributed by atoms with Crippen molar-refractivity contribution in [1.29, 1.82) is 0 Å². The van der Waals surface area contributed by atoms with Crippen LogP contribution in [0.4, 0.5) is 17.2 Å². The molecule has 0 aliphatic carbocycles. The van der Waals surface area contributed by atoms with Crippen molar-refractivity contribution in [1.82, 2.24) is 20.2 Å². The lowest BCUT2D eigenvalue weighted by atomic mass is 10.2. The number of nitrogens with one attached hydrogen (secondary N) is 4. The molecule has 32 heavy (non-hydrogen) atoms. The molecule has 3 aromatic rings. The number of carbonyl (C=O) groups is 1. The fourth-order valence-electron chi connectivity index (χ4n) is 3.68. The zero-order valence-corrected chi connectivity index (χ0v) is 19.0. The van der Waals surface area contributed by atoms with Crippen molar-refractivity contribution in [2.75, 3.05) is 58.1 Å². The second kappa shape index (κ2) is 10.8. The lowest BCUT2D eigenvalue weighted by Crippen LogP contribution is -2.25. The third kappa shape index (κ3) is 5.65. The van der Waals surface area contributed by atoms with Crippen molar-refractivity contribution >= 4 is 34.2 Å². The number of hydrogen-bond acceptors (Lipinski definition) is 7. The molecule has 0 spiro atoms. The van der Waals surface area contributed by atoms with Gasteiger partial charge in [0.25, 0.3) is 0 Å². The summed E-state index contributed by atoms with van der Waals surface area (Å²) >= 11 is 0. The molecule has 0 unspecified atom stereocenters. The molecule has 0 bridgehead atoms. The van der Waals surface area contributed by atoms with Crippen molar-refractivity contribution in [3.8, 4) is 5.75 Å². The van der Waals surface area contributed by atoms with Gasteiger partial charge in [0.05, 0.1) is 19.0 Å². The number of benzene rings is 1. The summed E-state index contributed by atoms with van der Waals surface area (Å²) in [6, 6.07) is 5.56. The summed E-state index contributed by atoms with van der Waals surface area (Å²) in [5.74, 6) is 0.408. The van der Waals surface area contributed by atoms with Crippen LogP contribution < -0.4 is 25.3 Å². The lowest BCUT2D eigenvalue weighted by molar-refractivity contribution is -0.352. The number of ether oxygens (including phenoxy) is 1. The highest BCUT2D eigenvalue weighted by Crippen LogP contribution is 2.33. The number of aromatic amines is 2. The molecule has 0 fully saturated rings. The minimum Gasteiger partial charge on any atom is -0.495 e. The second-order valence-corrected chi connectivity index (χ2v) is 7.77. The van der Waals surface area contributed by atoms with Crippen LogP contribution in [-0.2, 0) is 11.3 Å². The van der Waals surface area contributed by atoms with Crippen LogP contribution in [0.25, 0.3) is 11.0 Å². The Labute approximate surface area is 187 Å². The Morgan fingerprint density at radius 2 is 2.16 bits per heavy atom. The zero-order valence-electron chi connectivity index (χ0n) is 19.0. The summed E-state index contributed by atoms with van der Waals surface area (Å²) in [7, 11) is 7.36. The first-order valence-corrected chi connectivity index (χ1v) is 10.5. The van der Waals surface area contributed by atoms with E-state index in [0.29, 0.717) is 11.4 Å². The van der Waals surface area contributed by atoms with Crippen LogP contribution in [0.2, 0.25) is 0 Å². The van der Waals surface area contributed by atoms with E-state index in [4.69, 9.17) is 9.84 Å². The number of nitrogens with zero attached hydrogens (tertiary/aromatic N) is 3. The zero-order chi connectivity index (χ0) is 23.1. The first kappa shape index (κ1) is 23.3. The molecule has 0 radical (unpaired) electrons. The number of carboxylic acid groups (broad SMARTS) is 1. The Kier molecular flexibility index (Phi) is 7.85. The van der Waals surface area contributed by atoms with Gasteiger partial charge in [-0.2, -0.15) is 0 Å². The summed E-state index contributed by atoms with van der Waals surface area (Å²) in [4.78, 5) is 26.1. The number of fused-ring (bicyclic) bond motifs is 1. The average Bonchev–Trinajstić information content (AvgIpc) is 3.17. The van der Waals surface area contributed by atoms with Gasteiger partial charge in [-0.15, -0.1) is 0 Å². The standard InChI is InChI=1S/C22H31N7O3/c1-23-8-5-9-28(2)12-15-11-24-21-20(15)22(26-14-25-21)27-16-6-7-18(32-4)17(10-16)29(3)13-19(30)31/h6-7,10-11,14,23H,5,8-9,12-13H2,1-4H3,(H,30,31)(H2,24,25,26,27)/p+1. The largest absolute Gasteiger partial charge is 0.495 e. The summed E-state index contributed by atoms with van der Waals surface area (Å²) in [6.07, 6.45) is 4.72. The van der Waals surface area contributed by atoms with Crippen LogP contribution in [0.1, 0.15) is 12.0 Å². The van der Waals surface area contributed by atoms with E-state index in [2.05, 4.69) is 37.5 Å². The van der Waals surface area contributed by atoms with Gasteiger partial charge < -0.3 is 30.3 Å². The highest BCUT2D eigenvalue weighted by Gasteiger charge is 2.19. The SMILES string of the molecule is CNCCCN(C)Cc1c[nH]c2[nH+]cnc(Nc3ccc(OC)c(N(C)CC(=O)O)c3)c12. The number of aliphatic carboxylic acids is 1. The van der Waals surface area contributed by atoms with E-state index in [1.165, 1.54) is 0 Å². The molecule has 0 saturated heterocycles. The van der Waals surface area contributed by atoms with E-state index >= 15 is 0 Å².